The van der Waals surface area contributed by atoms with Crippen LogP contribution in [-0.4, -0.2) is 17.6 Å². The third-order valence-corrected chi connectivity index (χ3v) is 4.01. The van der Waals surface area contributed by atoms with Crippen LogP contribution in [0.5, 0.6) is 0 Å². The lowest BCUT2D eigenvalue weighted by atomic mass is 10.0. The highest BCUT2D eigenvalue weighted by atomic mass is 32.1. The van der Waals surface area contributed by atoms with Crippen LogP contribution < -0.4 is 5.32 Å². The molecule has 0 radical (unpaired) electrons. The van der Waals surface area contributed by atoms with Gasteiger partial charge in [0.1, 0.15) is 5.60 Å². The molecule has 0 aliphatic heterocycles. The highest BCUT2D eigenvalue weighted by Crippen LogP contribution is 2.32. The first-order valence-corrected chi connectivity index (χ1v) is 6.26. The summed E-state index contributed by atoms with van der Waals surface area (Å²) in [5.41, 5.74) is -1.02. The number of hydrogen-bond donors (Lipinski definition) is 2. The lowest BCUT2D eigenvalue weighted by Gasteiger charge is -2.21. The average molecular weight is 249 g/mol. The summed E-state index contributed by atoms with van der Waals surface area (Å²) in [4.78, 5) is 11.7. The number of benzene rings is 1. The summed E-state index contributed by atoms with van der Waals surface area (Å²) in [5.74, 6) is -0.133. The third kappa shape index (κ3) is 2.65. The molecule has 0 saturated carbocycles. The molecule has 0 aliphatic rings. The Morgan fingerprint density at radius 2 is 2.18 bits per heavy atom. The number of amides is 1. The fourth-order valence-electron chi connectivity index (χ4n) is 1.63. The van der Waals surface area contributed by atoms with Crippen molar-refractivity contribution in [3.63, 3.8) is 0 Å². The summed E-state index contributed by atoms with van der Waals surface area (Å²) in [6, 6.07) is 9.97. The molecule has 2 rings (SSSR count). The van der Waals surface area contributed by atoms with Crippen LogP contribution in [0.1, 0.15) is 18.7 Å². The first kappa shape index (κ1) is 12.1. The number of rotatable bonds is 3. The minimum absolute atomic E-state index is 0.133. The molecule has 0 saturated heterocycles. The molecule has 17 heavy (non-hydrogen) atoms. The zero-order valence-electron chi connectivity index (χ0n) is 9.86. The summed E-state index contributed by atoms with van der Waals surface area (Å²) in [7, 11) is 0. The number of aliphatic hydroxyl groups is 1. The van der Waals surface area contributed by atoms with E-state index < -0.39 is 5.60 Å². The molecule has 0 spiro atoms. The van der Waals surface area contributed by atoms with Crippen LogP contribution in [0.25, 0.3) is 10.1 Å². The molecule has 0 unspecified atom stereocenters. The summed E-state index contributed by atoms with van der Waals surface area (Å²) < 4.78 is 1.14. The minimum atomic E-state index is -1.02. The monoisotopic (exact) mass is 249 g/mol. The highest BCUT2D eigenvalue weighted by Gasteiger charge is 2.25. The normalized spacial score (nSPS) is 14.5. The maximum Gasteiger partial charge on any atom is 0.216 e. The minimum Gasteiger partial charge on any atom is -0.383 e. The first-order valence-electron chi connectivity index (χ1n) is 5.45. The van der Waals surface area contributed by atoms with Crippen molar-refractivity contribution in [1.29, 1.82) is 0 Å². The molecule has 0 fully saturated rings. The first-order chi connectivity index (χ1) is 7.99. The molecule has 4 heteroatoms. The van der Waals surface area contributed by atoms with E-state index in [2.05, 4.69) is 5.32 Å². The fraction of sp³-hybridized carbons (Fsp3) is 0.308. The van der Waals surface area contributed by atoms with Crippen molar-refractivity contribution >= 4 is 27.3 Å². The van der Waals surface area contributed by atoms with E-state index >= 15 is 0 Å². The van der Waals surface area contributed by atoms with Crippen molar-refractivity contribution in [2.24, 2.45) is 0 Å². The topological polar surface area (TPSA) is 49.3 Å². The largest absolute Gasteiger partial charge is 0.383 e. The summed E-state index contributed by atoms with van der Waals surface area (Å²) in [6.45, 7) is 3.39. The van der Waals surface area contributed by atoms with Gasteiger partial charge in [-0.2, -0.15) is 0 Å². The van der Waals surface area contributed by atoms with E-state index in [1.165, 1.54) is 6.92 Å². The maximum absolute atomic E-state index is 10.9. The zero-order chi connectivity index (χ0) is 12.5. The smallest absolute Gasteiger partial charge is 0.216 e. The predicted octanol–water partition coefficient (Wildman–Crippen LogP) is 2.24. The summed E-state index contributed by atoms with van der Waals surface area (Å²) in [6.07, 6.45) is 0. The number of nitrogens with one attached hydrogen (secondary N) is 1. The second kappa shape index (κ2) is 4.47. The Hall–Kier alpha value is -1.39. The van der Waals surface area contributed by atoms with Crippen molar-refractivity contribution in [3.8, 4) is 0 Å². The van der Waals surface area contributed by atoms with Crippen molar-refractivity contribution in [3.05, 3.63) is 35.2 Å². The number of thiophene rings is 1. The molecule has 1 amide bonds. The Bertz CT molecular complexity index is 512. The van der Waals surface area contributed by atoms with Crippen molar-refractivity contribution in [1.82, 2.24) is 5.32 Å². The molecular weight excluding hydrogens is 234 g/mol. The standard InChI is InChI=1S/C13H15NO2S/c1-9(15)14-8-13(2,16)12-7-10-5-3-4-6-11(10)17-12/h3-7,16H,8H2,1-2H3,(H,14,15)/t13-/m0/s1. The Labute approximate surface area is 104 Å². The van der Waals surface area contributed by atoms with Crippen LogP contribution in [0.4, 0.5) is 0 Å². The molecule has 2 aromatic rings. The van der Waals surface area contributed by atoms with Gasteiger partial charge in [-0.05, 0) is 24.4 Å². The molecular formula is C13H15NO2S. The van der Waals surface area contributed by atoms with Crippen molar-refractivity contribution in [2.45, 2.75) is 19.4 Å². The van der Waals surface area contributed by atoms with E-state index in [1.54, 1.807) is 18.3 Å². The van der Waals surface area contributed by atoms with Crippen LogP contribution in [0.3, 0.4) is 0 Å². The van der Waals surface area contributed by atoms with Gasteiger partial charge < -0.3 is 10.4 Å². The van der Waals surface area contributed by atoms with Crippen LogP contribution >= 0.6 is 11.3 Å². The Morgan fingerprint density at radius 3 is 2.82 bits per heavy atom. The molecule has 0 bridgehead atoms. The van der Waals surface area contributed by atoms with Crippen LogP contribution in [0.15, 0.2) is 30.3 Å². The van der Waals surface area contributed by atoms with Gasteiger partial charge in [0, 0.05) is 16.5 Å². The Morgan fingerprint density at radius 1 is 1.47 bits per heavy atom. The molecule has 1 atom stereocenters. The Kier molecular flexibility index (Phi) is 3.17. The highest BCUT2D eigenvalue weighted by molar-refractivity contribution is 7.19. The van der Waals surface area contributed by atoms with Gasteiger partial charge in [-0.1, -0.05) is 18.2 Å². The van der Waals surface area contributed by atoms with Crippen molar-refractivity contribution < 1.29 is 9.90 Å². The third-order valence-electron chi connectivity index (χ3n) is 2.64. The van der Waals surface area contributed by atoms with Crippen LogP contribution in [0.2, 0.25) is 0 Å². The second-order valence-electron chi connectivity index (χ2n) is 4.33. The summed E-state index contributed by atoms with van der Waals surface area (Å²) in [5, 5.41) is 14.1. The molecule has 3 nitrogen and oxygen atoms in total. The maximum atomic E-state index is 10.9. The number of carbonyl (C=O) groups excluding carboxylic acids is 1. The van der Waals surface area contributed by atoms with Crippen LogP contribution in [0, 0.1) is 0 Å². The lowest BCUT2D eigenvalue weighted by Crippen LogP contribution is -2.36. The molecule has 1 aromatic carbocycles. The van der Waals surface area contributed by atoms with E-state index in [-0.39, 0.29) is 12.5 Å². The number of carbonyl (C=O) groups is 1. The number of fused-ring (bicyclic) bond motifs is 1. The molecule has 1 heterocycles. The Balaban J connectivity index is 2.28. The van der Waals surface area contributed by atoms with Gasteiger partial charge in [-0.3, -0.25) is 4.79 Å². The van der Waals surface area contributed by atoms with E-state index in [0.717, 1.165) is 15.0 Å². The van der Waals surface area contributed by atoms with E-state index in [4.69, 9.17) is 0 Å². The SMILES string of the molecule is CC(=O)NC[C@](C)(O)c1cc2ccccc2s1. The molecule has 2 N–H and O–H groups in total. The molecule has 1 aromatic heterocycles. The van der Waals surface area contributed by atoms with Gasteiger partial charge in [0.05, 0.1) is 6.54 Å². The average Bonchev–Trinajstić information content (AvgIpc) is 2.71. The van der Waals surface area contributed by atoms with Gasteiger partial charge in [0.25, 0.3) is 0 Å². The second-order valence-corrected chi connectivity index (χ2v) is 5.42. The van der Waals surface area contributed by atoms with E-state index in [1.807, 2.05) is 30.3 Å². The zero-order valence-corrected chi connectivity index (χ0v) is 10.7. The van der Waals surface area contributed by atoms with E-state index in [0.29, 0.717) is 0 Å². The van der Waals surface area contributed by atoms with Gasteiger partial charge >= 0.3 is 0 Å². The predicted molar refractivity (Wildman–Crippen MR) is 70.1 cm³/mol. The molecule has 0 aliphatic carbocycles. The van der Waals surface area contributed by atoms with Crippen molar-refractivity contribution in [2.75, 3.05) is 6.54 Å². The van der Waals surface area contributed by atoms with Crippen LogP contribution in [-0.2, 0) is 10.4 Å². The number of hydrogen-bond acceptors (Lipinski definition) is 3. The van der Waals surface area contributed by atoms with Gasteiger partial charge in [-0.15, -0.1) is 11.3 Å². The lowest BCUT2D eigenvalue weighted by molar-refractivity contribution is -0.120. The van der Waals surface area contributed by atoms with Gasteiger partial charge in [0.2, 0.25) is 5.91 Å². The quantitative estimate of drug-likeness (QED) is 0.876. The fourth-order valence-corrected chi connectivity index (χ4v) is 2.74. The van der Waals surface area contributed by atoms with Gasteiger partial charge in [0.15, 0.2) is 0 Å². The van der Waals surface area contributed by atoms with Gasteiger partial charge in [-0.25, -0.2) is 0 Å². The summed E-state index contributed by atoms with van der Waals surface area (Å²) >= 11 is 1.55. The molecule has 90 valence electrons. The van der Waals surface area contributed by atoms with E-state index in [9.17, 15) is 9.90 Å².